The summed E-state index contributed by atoms with van der Waals surface area (Å²) in [6.45, 7) is 4.36. The number of nitrogens with one attached hydrogen (secondary N) is 1. The summed E-state index contributed by atoms with van der Waals surface area (Å²) >= 11 is 5.88. The highest BCUT2D eigenvalue weighted by Crippen LogP contribution is 2.22. The van der Waals surface area contributed by atoms with E-state index in [0.29, 0.717) is 22.5 Å². The third kappa shape index (κ3) is 4.58. The van der Waals surface area contributed by atoms with Crippen molar-refractivity contribution in [2.45, 2.75) is 13.8 Å². The van der Waals surface area contributed by atoms with E-state index in [-0.39, 0.29) is 22.8 Å². The molecule has 1 N–H and O–H groups in total. The molecule has 28 heavy (non-hydrogen) atoms. The van der Waals surface area contributed by atoms with Crippen LogP contribution in [0.2, 0.25) is 5.02 Å². The van der Waals surface area contributed by atoms with Gasteiger partial charge in [-0.05, 0) is 42.3 Å². The number of halogens is 1. The Labute approximate surface area is 166 Å². The second-order valence-corrected chi connectivity index (χ2v) is 7.09. The summed E-state index contributed by atoms with van der Waals surface area (Å²) in [6, 6.07) is 12.4. The SMILES string of the molecule is CC(C)CNC(=O)c1cc2ccc(OC(=O)c3cccc(Cl)c3)cc2oc1=O. The fourth-order valence-electron chi connectivity index (χ4n) is 2.49. The lowest BCUT2D eigenvalue weighted by Crippen LogP contribution is -2.31. The van der Waals surface area contributed by atoms with E-state index in [1.807, 2.05) is 13.8 Å². The second kappa shape index (κ2) is 8.27. The molecule has 1 heterocycles. The molecule has 0 radical (unpaired) electrons. The molecule has 0 aliphatic heterocycles. The van der Waals surface area contributed by atoms with Crippen LogP contribution in [0.3, 0.4) is 0 Å². The van der Waals surface area contributed by atoms with Crippen molar-refractivity contribution >= 4 is 34.4 Å². The van der Waals surface area contributed by atoms with E-state index in [9.17, 15) is 14.4 Å². The van der Waals surface area contributed by atoms with Crippen molar-refractivity contribution in [3.8, 4) is 5.75 Å². The summed E-state index contributed by atoms with van der Waals surface area (Å²) in [5.74, 6) is -0.611. The van der Waals surface area contributed by atoms with Crippen molar-refractivity contribution < 1.29 is 18.7 Å². The van der Waals surface area contributed by atoms with Crippen LogP contribution in [0.1, 0.15) is 34.6 Å². The van der Waals surface area contributed by atoms with Crippen LogP contribution in [0.25, 0.3) is 11.0 Å². The van der Waals surface area contributed by atoms with Crippen LogP contribution >= 0.6 is 11.6 Å². The maximum Gasteiger partial charge on any atom is 0.349 e. The predicted molar refractivity (Wildman–Crippen MR) is 106 cm³/mol. The molecule has 144 valence electrons. The summed E-state index contributed by atoms with van der Waals surface area (Å²) in [7, 11) is 0. The molecule has 3 rings (SSSR count). The molecule has 0 aliphatic carbocycles. The van der Waals surface area contributed by atoms with Gasteiger partial charge in [0, 0.05) is 23.0 Å². The van der Waals surface area contributed by atoms with Crippen molar-refractivity contribution in [2.24, 2.45) is 5.92 Å². The maximum atomic E-state index is 12.2. The first-order chi connectivity index (χ1) is 13.3. The Hall–Kier alpha value is -3.12. The van der Waals surface area contributed by atoms with Crippen molar-refractivity contribution in [1.29, 1.82) is 0 Å². The van der Waals surface area contributed by atoms with Gasteiger partial charge in [0.2, 0.25) is 0 Å². The topological polar surface area (TPSA) is 85.6 Å². The highest BCUT2D eigenvalue weighted by Gasteiger charge is 2.15. The average Bonchev–Trinajstić information content (AvgIpc) is 2.65. The number of ether oxygens (including phenoxy) is 1. The van der Waals surface area contributed by atoms with Crippen molar-refractivity contribution in [3.05, 3.63) is 75.1 Å². The molecule has 1 amide bonds. The first-order valence-corrected chi connectivity index (χ1v) is 9.05. The van der Waals surface area contributed by atoms with Crippen LogP contribution in [0.15, 0.2) is 57.7 Å². The summed E-state index contributed by atoms with van der Waals surface area (Å²) in [6.07, 6.45) is 0. The zero-order valence-electron chi connectivity index (χ0n) is 15.3. The number of hydrogen-bond donors (Lipinski definition) is 1. The van der Waals surface area contributed by atoms with Gasteiger partial charge in [-0.3, -0.25) is 4.79 Å². The van der Waals surface area contributed by atoms with Crippen LogP contribution in [0.5, 0.6) is 5.75 Å². The summed E-state index contributed by atoms with van der Waals surface area (Å²) < 4.78 is 10.5. The van der Waals surface area contributed by atoms with Crippen LogP contribution in [0, 0.1) is 5.92 Å². The van der Waals surface area contributed by atoms with E-state index in [1.54, 1.807) is 30.3 Å². The average molecular weight is 400 g/mol. The lowest BCUT2D eigenvalue weighted by atomic mass is 10.1. The Kier molecular flexibility index (Phi) is 5.80. The van der Waals surface area contributed by atoms with E-state index < -0.39 is 17.5 Å². The predicted octanol–water partition coefficient (Wildman–Crippen LogP) is 4.05. The number of benzene rings is 2. The fraction of sp³-hybridized carbons (Fsp3) is 0.190. The minimum absolute atomic E-state index is 0.0724. The van der Waals surface area contributed by atoms with E-state index in [1.165, 1.54) is 18.2 Å². The first kappa shape index (κ1) is 19.6. The molecular formula is C21H18ClNO5. The van der Waals surface area contributed by atoms with E-state index in [0.717, 1.165) is 0 Å². The number of rotatable bonds is 5. The molecule has 2 aromatic carbocycles. The van der Waals surface area contributed by atoms with E-state index >= 15 is 0 Å². The zero-order chi connectivity index (χ0) is 20.3. The van der Waals surface area contributed by atoms with Gasteiger partial charge in [0.05, 0.1) is 5.56 Å². The lowest BCUT2D eigenvalue weighted by Gasteiger charge is -2.08. The number of fused-ring (bicyclic) bond motifs is 1. The molecule has 7 heteroatoms. The quantitative estimate of drug-likeness (QED) is 0.397. The smallest absolute Gasteiger partial charge is 0.349 e. The fourth-order valence-corrected chi connectivity index (χ4v) is 2.68. The van der Waals surface area contributed by atoms with E-state index in [4.69, 9.17) is 20.8 Å². The van der Waals surface area contributed by atoms with Gasteiger partial charge in [-0.2, -0.15) is 0 Å². The third-order valence-electron chi connectivity index (χ3n) is 3.89. The van der Waals surface area contributed by atoms with Crippen LogP contribution in [0.4, 0.5) is 0 Å². The molecule has 0 spiro atoms. The molecule has 0 saturated heterocycles. The molecule has 0 saturated carbocycles. The van der Waals surface area contributed by atoms with Gasteiger partial charge in [0.25, 0.3) is 5.91 Å². The number of carbonyl (C=O) groups is 2. The van der Waals surface area contributed by atoms with Crippen molar-refractivity contribution in [2.75, 3.05) is 6.54 Å². The van der Waals surface area contributed by atoms with E-state index in [2.05, 4.69) is 5.32 Å². The number of carbonyl (C=O) groups excluding carboxylic acids is 2. The second-order valence-electron chi connectivity index (χ2n) is 6.65. The Balaban J connectivity index is 1.84. The zero-order valence-corrected chi connectivity index (χ0v) is 16.1. The van der Waals surface area contributed by atoms with Crippen LogP contribution in [-0.2, 0) is 0 Å². The normalized spacial score (nSPS) is 10.9. The Bertz CT molecular complexity index is 1100. The molecule has 6 nitrogen and oxygen atoms in total. The monoisotopic (exact) mass is 399 g/mol. The summed E-state index contributed by atoms with van der Waals surface area (Å²) in [4.78, 5) is 36.5. The summed E-state index contributed by atoms with van der Waals surface area (Å²) in [5.41, 5.74) is -0.322. The highest BCUT2D eigenvalue weighted by atomic mass is 35.5. The number of hydrogen-bond acceptors (Lipinski definition) is 5. The number of esters is 1. The van der Waals surface area contributed by atoms with Gasteiger partial charge in [0.1, 0.15) is 16.9 Å². The lowest BCUT2D eigenvalue weighted by molar-refractivity contribution is 0.0734. The minimum Gasteiger partial charge on any atom is -0.423 e. The van der Waals surface area contributed by atoms with Crippen molar-refractivity contribution in [1.82, 2.24) is 5.32 Å². The maximum absolute atomic E-state index is 12.2. The minimum atomic E-state index is -0.757. The first-order valence-electron chi connectivity index (χ1n) is 8.67. The molecule has 0 atom stereocenters. The highest BCUT2D eigenvalue weighted by molar-refractivity contribution is 6.30. The Morgan fingerprint density at radius 1 is 1.14 bits per heavy atom. The molecule has 1 aromatic heterocycles. The summed E-state index contributed by atoms with van der Waals surface area (Å²) in [5, 5.41) is 3.64. The van der Waals surface area contributed by atoms with Crippen molar-refractivity contribution in [3.63, 3.8) is 0 Å². The molecule has 0 unspecified atom stereocenters. The van der Waals surface area contributed by atoms with Crippen LogP contribution < -0.4 is 15.7 Å². The van der Waals surface area contributed by atoms with Gasteiger partial charge in [-0.1, -0.05) is 31.5 Å². The molecule has 0 aliphatic rings. The van der Waals surface area contributed by atoms with Gasteiger partial charge in [-0.15, -0.1) is 0 Å². The Morgan fingerprint density at radius 2 is 1.93 bits per heavy atom. The standard InChI is InChI=1S/C21H18ClNO5/c1-12(2)11-23-19(24)17-9-13-6-7-16(10-18(13)28-21(17)26)27-20(25)14-4-3-5-15(22)8-14/h3-10,12H,11H2,1-2H3,(H,23,24). The molecule has 0 bridgehead atoms. The molecule has 0 fully saturated rings. The molecule has 3 aromatic rings. The van der Waals surface area contributed by atoms with Gasteiger partial charge >= 0.3 is 11.6 Å². The number of amides is 1. The largest absolute Gasteiger partial charge is 0.423 e. The third-order valence-corrected chi connectivity index (χ3v) is 4.13. The molecular weight excluding hydrogens is 382 g/mol. The Morgan fingerprint density at radius 3 is 2.64 bits per heavy atom. The van der Waals surface area contributed by atoms with Gasteiger partial charge < -0.3 is 14.5 Å². The van der Waals surface area contributed by atoms with Gasteiger partial charge in [0.15, 0.2) is 0 Å². The van der Waals surface area contributed by atoms with Crippen LogP contribution in [-0.4, -0.2) is 18.4 Å². The van der Waals surface area contributed by atoms with Gasteiger partial charge in [-0.25, -0.2) is 9.59 Å².